The molecule has 2 amide bonds. The van der Waals surface area contributed by atoms with Crippen LogP contribution in [0.15, 0.2) is 82.2 Å². The molecule has 0 saturated carbocycles. The first-order valence-electron chi connectivity index (χ1n) is 13.4. The molecule has 1 unspecified atom stereocenters. The Hall–Kier alpha value is -3.44. The van der Waals surface area contributed by atoms with Crippen LogP contribution in [0.3, 0.4) is 0 Å². The number of hydrogen-bond acceptors (Lipinski definition) is 5. The highest BCUT2D eigenvalue weighted by Gasteiger charge is 2.33. The van der Waals surface area contributed by atoms with E-state index in [-0.39, 0.29) is 22.7 Å². The van der Waals surface area contributed by atoms with Gasteiger partial charge < -0.3 is 15.0 Å². The average Bonchev–Trinajstić information content (AvgIpc) is 2.96. The van der Waals surface area contributed by atoms with Gasteiger partial charge in [0.1, 0.15) is 24.2 Å². The molecule has 1 atom stereocenters. The Morgan fingerprint density at radius 3 is 2.27 bits per heavy atom. The predicted molar refractivity (Wildman–Crippen MR) is 161 cm³/mol. The first-order chi connectivity index (χ1) is 19.6. The Labute approximate surface area is 249 Å². The monoisotopic (exact) mass is 647 g/mol. The minimum absolute atomic E-state index is 0.0200. The molecule has 3 aromatic rings. The van der Waals surface area contributed by atoms with E-state index in [0.717, 1.165) is 17.1 Å². The second kappa shape index (κ2) is 15.0. The molecule has 0 heterocycles. The Morgan fingerprint density at radius 2 is 1.66 bits per heavy atom. The maximum atomic E-state index is 14.6. The number of unbranched alkanes of at least 4 members (excludes halogenated alkanes) is 1. The first kappa shape index (κ1) is 32.1. The van der Waals surface area contributed by atoms with Crippen molar-refractivity contribution in [2.45, 2.75) is 51.1 Å². The van der Waals surface area contributed by atoms with Crippen LogP contribution in [0.1, 0.15) is 39.2 Å². The molecule has 8 nitrogen and oxygen atoms in total. The summed E-state index contributed by atoms with van der Waals surface area (Å²) in [5.74, 6) is -1.07. The molecule has 3 aromatic carbocycles. The third kappa shape index (κ3) is 8.53. The number of carbonyl (C=O) groups is 2. The second-order valence-electron chi connectivity index (χ2n) is 9.33. The summed E-state index contributed by atoms with van der Waals surface area (Å²) in [5, 5.41) is 2.81. The predicted octanol–water partition coefficient (Wildman–Crippen LogP) is 5.52. The molecule has 11 heteroatoms. The van der Waals surface area contributed by atoms with Crippen molar-refractivity contribution < 1.29 is 27.1 Å². The van der Waals surface area contributed by atoms with E-state index in [9.17, 15) is 22.4 Å². The lowest BCUT2D eigenvalue weighted by atomic mass is 10.1. The maximum Gasteiger partial charge on any atom is 0.264 e. The summed E-state index contributed by atoms with van der Waals surface area (Å²) in [6, 6.07) is 17.4. The molecule has 0 aliphatic carbocycles. The molecule has 0 bridgehead atoms. The van der Waals surface area contributed by atoms with E-state index < -0.39 is 40.2 Å². The number of ether oxygens (including phenoxy) is 1. The number of benzene rings is 3. The zero-order valence-electron chi connectivity index (χ0n) is 23.3. The Balaban J connectivity index is 2.01. The van der Waals surface area contributed by atoms with Gasteiger partial charge in [-0.15, -0.1) is 0 Å². The van der Waals surface area contributed by atoms with Gasteiger partial charge in [-0.1, -0.05) is 47.5 Å². The van der Waals surface area contributed by atoms with Gasteiger partial charge in [0.2, 0.25) is 11.8 Å². The zero-order valence-corrected chi connectivity index (χ0v) is 25.8. The Kier molecular flexibility index (Phi) is 11.7. The van der Waals surface area contributed by atoms with Crippen LogP contribution in [-0.2, 0) is 26.2 Å². The van der Waals surface area contributed by atoms with Gasteiger partial charge in [0.25, 0.3) is 10.0 Å². The number of sulfonamides is 1. The third-order valence-corrected chi connectivity index (χ3v) is 8.73. The number of hydrogen-bond donors (Lipinski definition) is 1. The van der Waals surface area contributed by atoms with Gasteiger partial charge in [0, 0.05) is 23.1 Å². The van der Waals surface area contributed by atoms with Crippen molar-refractivity contribution in [2.75, 3.05) is 24.0 Å². The number of nitrogens with one attached hydrogen (secondary N) is 1. The Bertz CT molecular complexity index is 1420. The number of carbonyl (C=O) groups excluding carboxylic acids is 2. The summed E-state index contributed by atoms with van der Waals surface area (Å²) < 4.78 is 49.6. The molecule has 0 aromatic heterocycles. The topological polar surface area (TPSA) is 96.0 Å². The summed E-state index contributed by atoms with van der Waals surface area (Å²) >= 11 is 3.31. The minimum Gasteiger partial charge on any atom is -0.494 e. The first-order valence-corrected chi connectivity index (χ1v) is 15.6. The van der Waals surface area contributed by atoms with Crippen molar-refractivity contribution in [3.63, 3.8) is 0 Å². The number of halogens is 2. The fraction of sp³-hybridized carbons (Fsp3) is 0.333. The molecule has 0 radical (unpaired) electrons. The maximum absolute atomic E-state index is 14.6. The lowest BCUT2D eigenvalue weighted by Crippen LogP contribution is -2.51. The van der Waals surface area contributed by atoms with Crippen LogP contribution >= 0.6 is 15.9 Å². The van der Waals surface area contributed by atoms with Crippen molar-refractivity contribution >= 4 is 43.5 Å². The van der Waals surface area contributed by atoms with Crippen LogP contribution < -0.4 is 14.4 Å². The van der Waals surface area contributed by atoms with Gasteiger partial charge in [0.15, 0.2) is 0 Å². The highest BCUT2D eigenvalue weighted by atomic mass is 79.9. The molecule has 0 aliphatic heterocycles. The largest absolute Gasteiger partial charge is 0.494 e. The smallest absolute Gasteiger partial charge is 0.264 e. The summed E-state index contributed by atoms with van der Waals surface area (Å²) in [4.78, 5) is 28.1. The molecular weight excluding hydrogens is 613 g/mol. The van der Waals surface area contributed by atoms with Gasteiger partial charge in [-0.05, 0) is 74.9 Å². The van der Waals surface area contributed by atoms with Crippen LogP contribution in [0.2, 0.25) is 0 Å². The van der Waals surface area contributed by atoms with E-state index in [4.69, 9.17) is 4.74 Å². The van der Waals surface area contributed by atoms with E-state index >= 15 is 0 Å². The normalized spacial score (nSPS) is 11.9. The number of rotatable bonds is 14. The van der Waals surface area contributed by atoms with Crippen LogP contribution in [0, 0.1) is 5.82 Å². The molecule has 41 heavy (non-hydrogen) atoms. The van der Waals surface area contributed by atoms with Crippen LogP contribution in [0.25, 0.3) is 0 Å². The second-order valence-corrected chi connectivity index (χ2v) is 12.1. The van der Waals surface area contributed by atoms with E-state index in [1.165, 1.54) is 35.2 Å². The molecule has 220 valence electrons. The van der Waals surface area contributed by atoms with Gasteiger partial charge in [-0.2, -0.15) is 0 Å². The van der Waals surface area contributed by atoms with E-state index in [2.05, 4.69) is 21.2 Å². The lowest BCUT2D eigenvalue weighted by molar-refractivity contribution is -0.139. The number of amides is 2. The fourth-order valence-corrected chi connectivity index (χ4v) is 5.75. The van der Waals surface area contributed by atoms with Crippen molar-refractivity contribution in [2.24, 2.45) is 0 Å². The van der Waals surface area contributed by atoms with Gasteiger partial charge in [-0.3, -0.25) is 13.9 Å². The molecular formula is C30H35BrFN3O5S. The SMILES string of the molecule is CCCCNC(=O)C(C)N(Cc1ccccc1F)C(=O)CN(c1ccc(OCC)cc1)S(=O)(=O)c1ccc(Br)cc1. The van der Waals surface area contributed by atoms with Gasteiger partial charge >= 0.3 is 0 Å². The summed E-state index contributed by atoms with van der Waals surface area (Å²) in [5.41, 5.74) is 0.438. The van der Waals surface area contributed by atoms with Crippen molar-refractivity contribution in [3.8, 4) is 5.75 Å². The van der Waals surface area contributed by atoms with Gasteiger partial charge in [0.05, 0.1) is 17.2 Å². The van der Waals surface area contributed by atoms with Crippen LogP contribution in [0.4, 0.5) is 10.1 Å². The van der Waals surface area contributed by atoms with E-state index in [0.29, 0.717) is 23.4 Å². The standard InChI is InChI=1S/C30H35BrFN3O5S/c1-4-6-19-33-30(37)22(3)34(20-23-9-7-8-10-28(23)32)29(36)21-35(25-13-15-26(16-14-25)40-5-2)41(38,39)27-17-11-24(31)12-18-27/h7-18,22H,4-6,19-21H2,1-3H3,(H,33,37). The van der Waals surface area contributed by atoms with Crippen LogP contribution in [0.5, 0.6) is 5.75 Å². The van der Waals surface area contributed by atoms with Crippen LogP contribution in [-0.4, -0.2) is 50.9 Å². The molecule has 0 aliphatic rings. The van der Waals surface area contributed by atoms with Crippen molar-refractivity contribution in [3.05, 3.63) is 88.6 Å². The summed E-state index contributed by atoms with van der Waals surface area (Å²) in [7, 11) is -4.22. The average molecular weight is 649 g/mol. The van der Waals surface area contributed by atoms with Gasteiger partial charge in [-0.25, -0.2) is 12.8 Å². The van der Waals surface area contributed by atoms with E-state index in [1.54, 1.807) is 49.4 Å². The molecule has 0 saturated heterocycles. The van der Waals surface area contributed by atoms with Crippen molar-refractivity contribution in [1.29, 1.82) is 0 Å². The zero-order chi connectivity index (χ0) is 30.0. The Morgan fingerprint density at radius 1 is 1.00 bits per heavy atom. The fourth-order valence-electron chi connectivity index (χ4n) is 4.07. The molecule has 3 rings (SSSR count). The molecule has 0 fully saturated rings. The van der Waals surface area contributed by atoms with Crippen molar-refractivity contribution in [1.82, 2.24) is 10.2 Å². The highest BCUT2D eigenvalue weighted by Crippen LogP contribution is 2.27. The van der Waals surface area contributed by atoms with E-state index in [1.807, 2.05) is 13.8 Å². The third-order valence-electron chi connectivity index (χ3n) is 6.41. The number of anilines is 1. The summed E-state index contributed by atoms with van der Waals surface area (Å²) in [6.07, 6.45) is 1.63. The lowest BCUT2D eigenvalue weighted by Gasteiger charge is -2.32. The molecule has 0 spiro atoms. The highest BCUT2D eigenvalue weighted by molar-refractivity contribution is 9.10. The number of nitrogens with zero attached hydrogens (tertiary/aromatic N) is 2. The minimum atomic E-state index is -4.22. The molecule has 1 N–H and O–H groups in total. The quantitative estimate of drug-likeness (QED) is 0.233. The summed E-state index contributed by atoms with van der Waals surface area (Å²) in [6.45, 7) is 5.40.